The van der Waals surface area contributed by atoms with Crippen LogP contribution in [0.15, 0.2) is 53.7 Å². The Morgan fingerprint density at radius 3 is 2.64 bits per heavy atom. The molecule has 146 valence electrons. The van der Waals surface area contributed by atoms with Crippen molar-refractivity contribution in [1.29, 1.82) is 0 Å². The topological polar surface area (TPSA) is 76.7 Å². The van der Waals surface area contributed by atoms with E-state index in [-0.39, 0.29) is 6.03 Å². The van der Waals surface area contributed by atoms with Gasteiger partial charge in [-0.05, 0) is 49.6 Å². The van der Waals surface area contributed by atoms with Gasteiger partial charge in [-0.1, -0.05) is 35.9 Å². The van der Waals surface area contributed by atoms with Crippen LogP contribution in [0.25, 0.3) is 0 Å². The van der Waals surface area contributed by atoms with Gasteiger partial charge in [0.1, 0.15) is 12.4 Å². The number of carbonyl (C=O) groups is 2. The fourth-order valence-electron chi connectivity index (χ4n) is 3.23. The Bertz CT molecular complexity index is 949. The van der Waals surface area contributed by atoms with Gasteiger partial charge < -0.3 is 20.1 Å². The standard InChI is InChI=1S/C22H24N2O4/c1-13-8-9-14(2)17(10-13)12-28-18-7-5-6-16(11-18)20-19(21(25)27-4)15(3)23-22(26)24-20/h5-11,20H,12H2,1-4H3,(H2,23,24,26). The number of methoxy groups -OCH3 is 1. The van der Waals surface area contributed by atoms with Crippen molar-refractivity contribution >= 4 is 12.0 Å². The third-order valence-electron chi connectivity index (χ3n) is 4.76. The van der Waals surface area contributed by atoms with Crippen molar-refractivity contribution in [2.45, 2.75) is 33.4 Å². The molecule has 3 rings (SSSR count). The summed E-state index contributed by atoms with van der Waals surface area (Å²) in [4.78, 5) is 24.2. The zero-order chi connectivity index (χ0) is 20.3. The fraction of sp³-hybridized carbons (Fsp3) is 0.273. The number of amides is 2. The molecule has 2 aromatic rings. The number of carbonyl (C=O) groups excluding carboxylic acids is 2. The van der Waals surface area contributed by atoms with Crippen molar-refractivity contribution in [2.75, 3.05) is 7.11 Å². The van der Waals surface area contributed by atoms with Crippen LogP contribution in [0.4, 0.5) is 4.79 Å². The van der Waals surface area contributed by atoms with E-state index in [4.69, 9.17) is 9.47 Å². The molecule has 6 heteroatoms. The Hall–Kier alpha value is -3.28. The van der Waals surface area contributed by atoms with E-state index in [1.54, 1.807) is 6.92 Å². The molecule has 0 saturated carbocycles. The predicted molar refractivity (Wildman–Crippen MR) is 106 cm³/mol. The second kappa shape index (κ2) is 8.17. The lowest BCUT2D eigenvalue weighted by atomic mass is 9.95. The molecule has 28 heavy (non-hydrogen) atoms. The first kappa shape index (κ1) is 19.5. The number of allylic oxidation sites excluding steroid dienone is 1. The van der Waals surface area contributed by atoms with Gasteiger partial charge >= 0.3 is 12.0 Å². The molecule has 0 spiro atoms. The molecular weight excluding hydrogens is 356 g/mol. The summed E-state index contributed by atoms with van der Waals surface area (Å²) in [5, 5.41) is 5.40. The van der Waals surface area contributed by atoms with E-state index < -0.39 is 12.0 Å². The van der Waals surface area contributed by atoms with Gasteiger partial charge in [-0.2, -0.15) is 0 Å². The van der Waals surface area contributed by atoms with Crippen LogP contribution in [0, 0.1) is 13.8 Å². The molecule has 1 unspecified atom stereocenters. The van der Waals surface area contributed by atoms with Crippen LogP contribution in [-0.4, -0.2) is 19.1 Å². The van der Waals surface area contributed by atoms with E-state index in [0.717, 1.165) is 11.1 Å². The number of hydrogen-bond acceptors (Lipinski definition) is 4. The maximum Gasteiger partial charge on any atom is 0.337 e. The van der Waals surface area contributed by atoms with Crippen molar-refractivity contribution in [1.82, 2.24) is 10.6 Å². The third-order valence-corrected chi connectivity index (χ3v) is 4.76. The Morgan fingerprint density at radius 1 is 1.11 bits per heavy atom. The van der Waals surface area contributed by atoms with Gasteiger partial charge in [-0.3, -0.25) is 0 Å². The van der Waals surface area contributed by atoms with Crippen LogP contribution in [0.1, 0.15) is 35.2 Å². The van der Waals surface area contributed by atoms with Crippen LogP contribution in [0.5, 0.6) is 5.75 Å². The van der Waals surface area contributed by atoms with E-state index in [1.165, 1.54) is 18.2 Å². The average molecular weight is 380 g/mol. The molecular formula is C22H24N2O4. The zero-order valence-corrected chi connectivity index (χ0v) is 16.5. The molecule has 0 radical (unpaired) electrons. The molecule has 1 aliphatic heterocycles. The highest BCUT2D eigenvalue weighted by Gasteiger charge is 2.31. The average Bonchev–Trinajstić information content (AvgIpc) is 2.67. The Balaban J connectivity index is 1.85. The van der Waals surface area contributed by atoms with Crippen molar-refractivity contribution < 1.29 is 19.1 Å². The summed E-state index contributed by atoms with van der Waals surface area (Å²) in [6.45, 7) is 6.22. The van der Waals surface area contributed by atoms with E-state index in [0.29, 0.717) is 23.6 Å². The first-order valence-electron chi connectivity index (χ1n) is 9.04. The Morgan fingerprint density at radius 2 is 1.89 bits per heavy atom. The Kier molecular flexibility index (Phi) is 5.68. The predicted octanol–water partition coefficient (Wildman–Crippen LogP) is 3.68. The molecule has 2 aromatic carbocycles. The zero-order valence-electron chi connectivity index (χ0n) is 16.5. The third kappa shape index (κ3) is 4.17. The van der Waals surface area contributed by atoms with Crippen LogP contribution in [0.2, 0.25) is 0 Å². The molecule has 0 bridgehead atoms. The van der Waals surface area contributed by atoms with Gasteiger partial charge in [0.15, 0.2) is 0 Å². The summed E-state index contributed by atoms with van der Waals surface area (Å²) in [5.74, 6) is 0.171. The summed E-state index contributed by atoms with van der Waals surface area (Å²) in [7, 11) is 1.32. The van der Waals surface area contributed by atoms with Crippen LogP contribution in [0.3, 0.4) is 0 Å². The maximum atomic E-state index is 12.2. The summed E-state index contributed by atoms with van der Waals surface area (Å²) in [6.07, 6.45) is 0. The van der Waals surface area contributed by atoms with Crippen molar-refractivity contribution in [2.24, 2.45) is 0 Å². The first-order chi connectivity index (χ1) is 13.4. The molecule has 0 aromatic heterocycles. The second-order valence-corrected chi connectivity index (χ2v) is 6.85. The highest BCUT2D eigenvalue weighted by Crippen LogP contribution is 2.30. The second-order valence-electron chi connectivity index (χ2n) is 6.85. The van der Waals surface area contributed by atoms with Crippen LogP contribution < -0.4 is 15.4 Å². The number of ether oxygens (including phenoxy) is 2. The molecule has 2 N–H and O–H groups in total. The molecule has 1 atom stereocenters. The van der Waals surface area contributed by atoms with Gasteiger partial charge in [0.05, 0.1) is 18.7 Å². The molecule has 1 heterocycles. The monoisotopic (exact) mass is 380 g/mol. The highest BCUT2D eigenvalue weighted by atomic mass is 16.5. The lowest BCUT2D eigenvalue weighted by molar-refractivity contribution is -0.136. The number of nitrogens with one attached hydrogen (secondary N) is 2. The lowest BCUT2D eigenvalue weighted by Gasteiger charge is -2.28. The van der Waals surface area contributed by atoms with Crippen LogP contribution >= 0.6 is 0 Å². The maximum absolute atomic E-state index is 12.2. The summed E-state index contributed by atoms with van der Waals surface area (Å²) in [5.41, 5.74) is 5.05. The number of aryl methyl sites for hydroxylation is 2. The van der Waals surface area contributed by atoms with Crippen molar-refractivity contribution in [3.8, 4) is 5.75 Å². The number of rotatable bonds is 5. The molecule has 0 aliphatic carbocycles. The van der Waals surface area contributed by atoms with E-state index >= 15 is 0 Å². The van der Waals surface area contributed by atoms with E-state index in [9.17, 15) is 9.59 Å². The summed E-state index contributed by atoms with van der Waals surface area (Å²) >= 11 is 0. The smallest absolute Gasteiger partial charge is 0.337 e. The number of urea groups is 1. The van der Waals surface area contributed by atoms with E-state index in [2.05, 4.69) is 35.8 Å². The molecule has 1 aliphatic rings. The van der Waals surface area contributed by atoms with Crippen molar-refractivity contribution in [3.63, 3.8) is 0 Å². The minimum atomic E-state index is -0.606. The highest BCUT2D eigenvalue weighted by molar-refractivity contribution is 5.94. The van der Waals surface area contributed by atoms with Crippen molar-refractivity contribution in [3.05, 3.63) is 76.0 Å². The summed E-state index contributed by atoms with van der Waals surface area (Å²) < 4.78 is 10.9. The Labute approximate surface area is 164 Å². The van der Waals surface area contributed by atoms with Gasteiger partial charge in [0.2, 0.25) is 0 Å². The van der Waals surface area contributed by atoms with Gasteiger partial charge in [0, 0.05) is 5.70 Å². The number of hydrogen-bond donors (Lipinski definition) is 2. The molecule has 2 amide bonds. The number of benzene rings is 2. The van der Waals surface area contributed by atoms with Crippen LogP contribution in [-0.2, 0) is 16.1 Å². The van der Waals surface area contributed by atoms with Gasteiger partial charge in [-0.25, -0.2) is 9.59 Å². The number of esters is 1. The first-order valence-corrected chi connectivity index (χ1v) is 9.04. The molecule has 6 nitrogen and oxygen atoms in total. The lowest BCUT2D eigenvalue weighted by Crippen LogP contribution is -2.45. The molecule has 0 saturated heterocycles. The fourth-order valence-corrected chi connectivity index (χ4v) is 3.23. The largest absolute Gasteiger partial charge is 0.489 e. The SMILES string of the molecule is COC(=O)C1=C(C)NC(=O)NC1c1cccc(OCc2cc(C)ccc2C)c1. The normalized spacial score (nSPS) is 16.3. The quantitative estimate of drug-likeness (QED) is 0.776. The van der Waals surface area contributed by atoms with E-state index in [1.807, 2.05) is 31.2 Å². The van der Waals surface area contributed by atoms with Gasteiger partial charge in [-0.15, -0.1) is 0 Å². The minimum absolute atomic E-state index is 0.364. The molecule has 0 fully saturated rings. The minimum Gasteiger partial charge on any atom is -0.489 e. The summed E-state index contributed by atoms with van der Waals surface area (Å²) in [6, 6.07) is 12.6. The van der Waals surface area contributed by atoms with Gasteiger partial charge in [0.25, 0.3) is 0 Å².